The number of hydrogen-bond donors (Lipinski definition) is 4. The first-order valence-corrected chi connectivity index (χ1v) is 23.3. The number of nitrogens with one attached hydrogen (secondary N) is 4. The van der Waals surface area contributed by atoms with Crippen LogP contribution in [0.3, 0.4) is 0 Å². The van der Waals surface area contributed by atoms with Crippen LogP contribution in [0.2, 0.25) is 0 Å². The van der Waals surface area contributed by atoms with Gasteiger partial charge < -0.3 is 28.6 Å². The van der Waals surface area contributed by atoms with Crippen LogP contribution in [-0.2, 0) is 33.3 Å². The van der Waals surface area contributed by atoms with Crippen LogP contribution in [0, 0.1) is 10.8 Å². The summed E-state index contributed by atoms with van der Waals surface area (Å²) < 4.78 is 52.7. The molecule has 3 saturated heterocycles. The summed E-state index contributed by atoms with van der Waals surface area (Å²) in [7, 11) is -3.63. The van der Waals surface area contributed by atoms with E-state index in [4.69, 9.17) is 34.5 Å². The van der Waals surface area contributed by atoms with E-state index in [2.05, 4.69) is 24.6 Å². The van der Waals surface area contributed by atoms with E-state index in [1.165, 1.54) is 4.90 Å². The van der Waals surface area contributed by atoms with E-state index in [0.29, 0.717) is 66.7 Å². The Hall–Kier alpha value is -7.40. The average molecular weight is 957 g/mol. The van der Waals surface area contributed by atoms with Crippen LogP contribution in [0.15, 0.2) is 109 Å². The fraction of sp³-hybridized carbons (Fsp3) is 0.326. The number of nitrogens with zero attached hydrogens (tertiary/aromatic N) is 4. The van der Waals surface area contributed by atoms with Gasteiger partial charge in [-0.3, -0.25) is 45.1 Å². The van der Waals surface area contributed by atoms with E-state index in [1.807, 2.05) is 6.07 Å². The molecule has 4 aromatic carbocycles. The molecule has 0 bridgehead atoms. The molecule has 21 nitrogen and oxygen atoms in total. The fourth-order valence-corrected chi connectivity index (χ4v) is 7.42. The quantitative estimate of drug-likeness (QED) is 0.0410. The van der Waals surface area contributed by atoms with Crippen molar-refractivity contribution in [3.05, 3.63) is 120 Å². The smallest absolute Gasteiger partial charge is 0.418 e. The highest BCUT2D eigenvalue weighted by Crippen LogP contribution is 2.25. The van der Waals surface area contributed by atoms with Gasteiger partial charge in [0.1, 0.15) is 42.0 Å². The van der Waals surface area contributed by atoms with Crippen molar-refractivity contribution in [2.24, 2.45) is 0 Å². The van der Waals surface area contributed by atoms with Gasteiger partial charge in [-0.2, -0.15) is 8.42 Å². The molecule has 22 heteroatoms. The molecule has 7 rings (SSSR count). The molecule has 0 aromatic heterocycles. The molecule has 3 aliphatic rings. The molecule has 3 fully saturated rings. The number of esters is 1. The van der Waals surface area contributed by atoms with E-state index < -0.39 is 40.6 Å². The maximum Gasteiger partial charge on any atom is 0.418 e. The highest BCUT2D eigenvalue weighted by molar-refractivity contribution is 7.86. The Morgan fingerprint density at radius 1 is 0.662 bits per heavy atom. The third kappa shape index (κ3) is 15.3. The summed E-state index contributed by atoms with van der Waals surface area (Å²) >= 11 is 0. The molecule has 0 radical (unpaired) electrons. The normalized spacial score (nSPS) is 17.2. The lowest BCUT2D eigenvalue weighted by Gasteiger charge is -2.35. The van der Waals surface area contributed by atoms with Gasteiger partial charge in [0.25, 0.3) is 10.1 Å². The van der Waals surface area contributed by atoms with Crippen molar-refractivity contribution in [3.63, 3.8) is 0 Å². The molecular formula is C46H52N8O13S. The zero-order valence-corrected chi connectivity index (χ0v) is 38.1. The van der Waals surface area contributed by atoms with Crippen molar-refractivity contribution in [1.29, 1.82) is 10.8 Å². The molecule has 0 saturated carbocycles. The minimum atomic E-state index is -3.63. The molecule has 3 heterocycles. The predicted molar refractivity (Wildman–Crippen MR) is 248 cm³/mol. The number of benzene rings is 4. The third-order valence-electron chi connectivity index (χ3n) is 10.4. The molecule has 68 heavy (non-hydrogen) atoms. The van der Waals surface area contributed by atoms with E-state index in [-0.39, 0.29) is 36.9 Å². The van der Waals surface area contributed by atoms with Gasteiger partial charge in [-0.25, -0.2) is 19.2 Å². The number of amidine groups is 2. The lowest BCUT2D eigenvalue weighted by Crippen LogP contribution is -2.49. The van der Waals surface area contributed by atoms with Gasteiger partial charge in [0.15, 0.2) is 0 Å². The minimum Gasteiger partial charge on any atom is -0.466 e. The van der Waals surface area contributed by atoms with Crippen molar-refractivity contribution in [3.8, 4) is 11.5 Å². The first-order chi connectivity index (χ1) is 32.6. The summed E-state index contributed by atoms with van der Waals surface area (Å²) in [6.07, 6.45) is -2.25. The van der Waals surface area contributed by atoms with Crippen LogP contribution in [0.1, 0.15) is 24.5 Å². The van der Waals surface area contributed by atoms with Crippen molar-refractivity contribution >= 4 is 63.5 Å². The Morgan fingerprint density at radius 3 is 1.56 bits per heavy atom. The first kappa shape index (κ1) is 50.0. The van der Waals surface area contributed by atoms with Crippen LogP contribution in [0.4, 0.5) is 30.6 Å². The second kappa shape index (κ2) is 23.9. The maximum absolute atomic E-state index is 12.5. The van der Waals surface area contributed by atoms with Gasteiger partial charge in [0.05, 0.1) is 32.4 Å². The largest absolute Gasteiger partial charge is 0.466 e. The average Bonchev–Trinajstić information content (AvgIpc) is 3.89. The molecule has 360 valence electrons. The van der Waals surface area contributed by atoms with Crippen molar-refractivity contribution in [1.82, 2.24) is 20.4 Å². The minimum absolute atomic E-state index is 0.110. The van der Waals surface area contributed by atoms with Crippen LogP contribution in [0.5, 0.6) is 11.5 Å². The highest BCUT2D eigenvalue weighted by Gasteiger charge is 2.35. The lowest BCUT2D eigenvalue weighted by atomic mass is 10.1. The van der Waals surface area contributed by atoms with E-state index in [0.717, 1.165) is 32.4 Å². The number of ether oxygens (including phenoxy) is 5. The van der Waals surface area contributed by atoms with Crippen LogP contribution >= 0.6 is 0 Å². The summed E-state index contributed by atoms with van der Waals surface area (Å²) in [4.78, 5) is 67.5. The van der Waals surface area contributed by atoms with Gasteiger partial charge in [-0.05, 0) is 79.7 Å². The number of hydrogen-bond acceptors (Lipinski definition) is 17. The Labute approximate surface area is 392 Å². The molecule has 3 aliphatic heterocycles. The second-order valence-corrected chi connectivity index (χ2v) is 17.1. The molecule has 2 atom stereocenters. The van der Waals surface area contributed by atoms with Crippen molar-refractivity contribution in [2.75, 3.05) is 81.6 Å². The molecule has 0 spiro atoms. The Bertz CT molecular complexity index is 2510. The lowest BCUT2D eigenvalue weighted by molar-refractivity contribution is -0.143. The van der Waals surface area contributed by atoms with Gasteiger partial charge in [0.2, 0.25) is 0 Å². The standard InChI is InChI=1S/C27H33N5O6.C19H19N3O7S/c1-2-36-24(33)12-13-30-14-16-31(17-15-30)18-23-19-32(27(35)38-23)21-10-8-20(9-11-21)25(28)29-26(34)37-22-6-4-3-5-7-22;1-30(25,26)27-12-16-11-22(19(24)29-16)14-9-7-13(8-10-14)17(20)21-18(23)28-15-5-3-2-4-6-15/h3-11,23H,2,12-19H2,1H3,(H2,28,29,34);2-10,16H,11-12H2,1H3,(H2,20,21,23). The SMILES string of the molecule is CCOC(=O)CCN1CCN(CC2CN(c3ccc(C(=N)NC(=O)Oc4ccccc4)cc3)C(=O)O2)CC1.CS(=O)(=O)OCC1CN(c2ccc(C(=N)NC(=O)Oc3ccccc3)cc2)C(=O)O1. The number of carbonyl (C=O) groups excluding carboxylic acids is 5. The predicted octanol–water partition coefficient (Wildman–Crippen LogP) is 4.80. The van der Waals surface area contributed by atoms with Crippen LogP contribution < -0.4 is 29.9 Å². The Kier molecular flexibility index (Phi) is 17.6. The number of para-hydroxylation sites is 2. The first-order valence-electron chi connectivity index (χ1n) is 21.5. The van der Waals surface area contributed by atoms with Crippen LogP contribution in [-0.4, -0.2) is 144 Å². The highest BCUT2D eigenvalue weighted by atomic mass is 32.2. The summed E-state index contributed by atoms with van der Waals surface area (Å²) in [6.45, 7) is 7.21. The Morgan fingerprint density at radius 2 is 1.10 bits per heavy atom. The molecular weight excluding hydrogens is 905 g/mol. The number of rotatable bonds is 15. The summed E-state index contributed by atoms with van der Waals surface area (Å²) in [5.74, 6) is 0.275. The van der Waals surface area contributed by atoms with Crippen LogP contribution in [0.25, 0.3) is 0 Å². The van der Waals surface area contributed by atoms with Gasteiger partial charge >= 0.3 is 30.3 Å². The molecule has 4 aromatic rings. The number of amides is 4. The number of cyclic esters (lactones) is 2. The van der Waals surface area contributed by atoms with E-state index >= 15 is 0 Å². The third-order valence-corrected chi connectivity index (χ3v) is 10.9. The summed E-state index contributed by atoms with van der Waals surface area (Å²) in [6, 6.07) is 30.1. The van der Waals surface area contributed by atoms with Gasteiger partial charge in [-0.1, -0.05) is 36.4 Å². The second-order valence-electron chi connectivity index (χ2n) is 15.4. The Balaban J connectivity index is 0.000000230. The van der Waals surface area contributed by atoms with E-state index in [1.54, 1.807) is 115 Å². The zero-order chi connectivity index (χ0) is 48.6. The van der Waals surface area contributed by atoms with E-state index in [9.17, 15) is 32.4 Å². The zero-order valence-electron chi connectivity index (χ0n) is 37.3. The molecule has 4 amide bonds. The van der Waals surface area contributed by atoms with Gasteiger partial charge in [-0.15, -0.1) is 0 Å². The van der Waals surface area contributed by atoms with Crippen molar-refractivity contribution in [2.45, 2.75) is 25.6 Å². The molecule has 0 aliphatic carbocycles. The monoisotopic (exact) mass is 956 g/mol. The molecule has 4 N–H and O–H groups in total. The van der Waals surface area contributed by atoms with Gasteiger partial charge in [0, 0.05) is 61.8 Å². The number of carbonyl (C=O) groups is 5. The maximum atomic E-state index is 12.5. The molecule has 2 unspecified atom stereocenters. The number of piperazine rings is 1. The summed E-state index contributed by atoms with van der Waals surface area (Å²) in [5.41, 5.74) is 2.02. The topological polar surface area (TPSA) is 260 Å². The number of anilines is 2. The van der Waals surface area contributed by atoms with Crippen molar-refractivity contribution < 1.29 is 60.3 Å². The fourth-order valence-electron chi connectivity index (χ4n) is 7.02. The summed E-state index contributed by atoms with van der Waals surface area (Å²) in [5, 5.41) is 20.9.